The predicted octanol–water partition coefficient (Wildman–Crippen LogP) is 2.03. The van der Waals surface area contributed by atoms with E-state index in [-0.39, 0.29) is 11.8 Å². The van der Waals surface area contributed by atoms with E-state index in [0.29, 0.717) is 11.8 Å². The van der Waals surface area contributed by atoms with Crippen molar-refractivity contribution in [1.29, 1.82) is 0 Å². The monoisotopic (exact) mass is 247 g/mol. The molecule has 1 amide bonds. The Bertz CT molecular complexity index is 393. The van der Waals surface area contributed by atoms with Crippen molar-refractivity contribution in [2.75, 3.05) is 11.9 Å². The summed E-state index contributed by atoms with van der Waals surface area (Å²) < 4.78 is 0. The number of hydrogen-bond acceptors (Lipinski definition) is 3. The Labute approximate surface area is 108 Å². The van der Waals surface area contributed by atoms with E-state index < -0.39 is 0 Å². The molecule has 4 heteroatoms. The molecule has 0 unspecified atom stereocenters. The van der Waals surface area contributed by atoms with Gasteiger partial charge in [0.25, 0.3) is 0 Å². The molecule has 4 nitrogen and oxygen atoms in total. The first-order chi connectivity index (χ1) is 8.70. The van der Waals surface area contributed by atoms with Crippen molar-refractivity contribution in [3.05, 3.63) is 24.5 Å². The van der Waals surface area contributed by atoms with Crippen LogP contribution in [-0.2, 0) is 4.79 Å². The number of pyridine rings is 1. The molecule has 0 aliphatic heterocycles. The molecule has 98 valence electrons. The third kappa shape index (κ3) is 3.07. The van der Waals surface area contributed by atoms with Gasteiger partial charge in [-0.2, -0.15) is 0 Å². The van der Waals surface area contributed by atoms with Gasteiger partial charge in [-0.25, -0.2) is 0 Å². The third-order valence-corrected chi connectivity index (χ3v) is 3.97. The maximum Gasteiger partial charge on any atom is 0.227 e. The molecular formula is C14H21N3O. The number of carbonyl (C=O) groups excluding carboxylic acids is 1. The van der Waals surface area contributed by atoms with Crippen LogP contribution in [0.5, 0.6) is 0 Å². The van der Waals surface area contributed by atoms with Crippen LogP contribution in [0.15, 0.2) is 24.5 Å². The summed E-state index contributed by atoms with van der Waals surface area (Å²) in [6, 6.07) is 3.62. The summed E-state index contributed by atoms with van der Waals surface area (Å²) in [6.07, 6.45) is 6.32. The van der Waals surface area contributed by atoms with Crippen LogP contribution in [0.25, 0.3) is 0 Å². The van der Waals surface area contributed by atoms with Crippen LogP contribution in [0.2, 0.25) is 0 Å². The molecule has 1 aromatic rings. The molecule has 1 fully saturated rings. The number of amides is 1. The highest BCUT2D eigenvalue weighted by Gasteiger charge is 2.30. The summed E-state index contributed by atoms with van der Waals surface area (Å²) in [5.74, 6) is 1.37. The molecule has 0 radical (unpaired) electrons. The zero-order chi connectivity index (χ0) is 13.0. The van der Waals surface area contributed by atoms with Gasteiger partial charge in [-0.05, 0) is 49.8 Å². The Hall–Kier alpha value is -1.42. The maximum atomic E-state index is 12.1. The van der Waals surface area contributed by atoms with Crippen molar-refractivity contribution in [3.8, 4) is 0 Å². The van der Waals surface area contributed by atoms with Crippen LogP contribution in [0.3, 0.4) is 0 Å². The van der Waals surface area contributed by atoms with E-state index in [1.54, 1.807) is 12.4 Å². The van der Waals surface area contributed by atoms with Crippen LogP contribution >= 0.6 is 0 Å². The third-order valence-electron chi connectivity index (χ3n) is 3.97. The molecule has 0 spiro atoms. The Morgan fingerprint density at radius 3 is 2.78 bits per heavy atom. The van der Waals surface area contributed by atoms with E-state index in [9.17, 15) is 4.79 Å². The molecule has 1 aromatic heterocycles. The molecule has 18 heavy (non-hydrogen) atoms. The lowest BCUT2D eigenvalue weighted by molar-refractivity contribution is -0.121. The Morgan fingerprint density at radius 2 is 2.17 bits per heavy atom. The Morgan fingerprint density at radius 1 is 1.44 bits per heavy atom. The van der Waals surface area contributed by atoms with E-state index in [2.05, 4.69) is 17.2 Å². The molecule has 1 aliphatic rings. The highest BCUT2D eigenvalue weighted by atomic mass is 16.1. The summed E-state index contributed by atoms with van der Waals surface area (Å²) in [4.78, 5) is 16.1. The lowest BCUT2D eigenvalue weighted by Gasteiger charge is -2.32. The minimum Gasteiger partial charge on any atom is -0.330 e. The number of carbonyl (C=O) groups is 1. The topological polar surface area (TPSA) is 68.0 Å². The Kier molecular flexibility index (Phi) is 4.31. The van der Waals surface area contributed by atoms with Crippen molar-refractivity contribution in [2.45, 2.75) is 26.2 Å². The van der Waals surface area contributed by atoms with E-state index >= 15 is 0 Å². The highest BCUT2D eigenvalue weighted by Crippen LogP contribution is 2.33. The van der Waals surface area contributed by atoms with Crippen LogP contribution in [0.1, 0.15) is 26.2 Å². The van der Waals surface area contributed by atoms with Gasteiger partial charge in [-0.1, -0.05) is 6.92 Å². The summed E-state index contributed by atoms with van der Waals surface area (Å²) in [6.45, 7) is 2.93. The van der Waals surface area contributed by atoms with Gasteiger partial charge in [0.15, 0.2) is 0 Å². The second-order valence-corrected chi connectivity index (χ2v) is 5.21. The zero-order valence-corrected chi connectivity index (χ0v) is 10.8. The van der Waals surface area contributed by atoms with E-state index in [1.165, 1.54) is 0 Å². The summed E-state index contributed by atoms with van der Waals surface area (Å²) in [7, 11) is 0. The fourth-order valence-corrected chi connectivity index (χ4v) is 2.73. The van der Waals surface area contributed by atoms with Crippen LogP contribution in [0.4, 0.5) is 5.69 Å². The molecular weight excluding hydrogens is 226 g/mol. The normalized spacial score (nSPS) is 27.8. The summed E-state index contributed by atoms with van der Waals surface area (Å²) in [5.41, 5.74) is 6.55. The second kappa shape index (κ2) is 5.96. The highest BCUT2D eigenvalue weighted by molar-refractivity contribution is 5.92. The predicted molar refractivity (Wildman–Crippen MR) is 71.9 cm³/mol. The standard InChI is InChI=1S/C14H21N3O/c1-10-8-11(2-3-12(10)9-15)14(18)17-13-4-6-16-7-5-13/h4-7,10-12H,2-3,8-9,15H2,1H3,(H,16,17,18)/t10-,11+,12+/m0/s1. The van der Waals surface area contributed by atoms with Gasteiger partial charge in [0.1, 0.15) is 0 Å². The number of nitrogens with zero attached hydrogens (tertiary/aromatic N) is 1. The number of nitrogens with two attached hydrogens (primary N) is 1. The zero-order valence-electron chi connectivity index (χ0n) is 10.8. The van der Waals surface area contributed by atoms with Crippen LogP contribution in [-0.4, -0.2) is 17.4 Å². The molecule has 0 bridgehead atoms. The number of rotatable bonds is 3. The van der Waals surface area contributed by atoms with Gasteiger partial charge in [0.05, 0.1) is 0 Å². The SMILES string of the molecule is C[C@H]1C[C@H](C(=O)Nc2ccncc2)CC[C@@H]1CN. The largest absolute Gasteiger partial charge is 0.330 e. The van der Waals surface area contributed by atoms with Gasteiger partial charge >= 0.3 is 0 Å². The lowest BCUT2D eigenvalue weighted by atomic mass is 9.74. The van der Waals surface area contributed by atoms with Gasteiger partial charge in [-0.15, -0.1) is 0 Å². The van der Waals surface area contributed by atoms with Gasteiger partial charge in [0, 0.05) is 24.0 Å². The number of nitrogens with one attached hydrogen (secondary N) is 1. The molecule has 0 aromatic carbocycles. The Balaban J connectivity index is 1.91. The molecule has 3 N–H and O–H groups in total. The summed E-state index contributed by atoms with van der Waals surface area (Å²) in [5, 5.41) is 2.95. The van der Waals surface area contributed by atoms with E-state index in [1.807, 2.05) is 12.1 Å². The minimum absolute atomic E-state index is 0.121. The van der Waals surface area contributed by atoms with Crippen molar-refractivity contribution in [1.82, 2.24) is 4.98 Å². The van der Waals surface area contributed by atoms with Crippen LogP contribution in [0, 0.1) is 17.8 Å². The maximum absolute atomic E-state index is 12.1. The average molecular weight is 247 g/mol. The smallest absolute Gasteiger partial charge is 0.227 e. The van der Waals surface area contributed by atoms with Crippen LogP contribution < -0.4 is 11.1 Å². The van der Waals surface area contributed by atoms with Gasteiger partial charge in [0.2, 0.25) is 5.91 Å². The molecule has 1 aliphatic carbocycles. The first-order valence-corrected chi connectivity index (χ1v) is 6.61. The fraction of sp³-hybridized carbons (Fsp3) is 0.571. The number of anilines is 1. The van der Waals surface area contributed by atoms with Crippen molar-refractivity contribution < 1.29 is 4.79 Å². The summed E-state index contributed by atoms with van der Waals surface area (Å²) >= 11 is 0. The molecule has 1 saturated carbocycles. The van der Waals surface area contributed by atoms with Gasteiger partial charge < -0.3 is 11.1 Å². The van der Waals surface area contributed by atoms with Crippen molar-refractivity contribution >= 4 is 11.6 Å². The molecule has 0 saturated heterocycles. The molecule has 2 rings (SSSR count). The molecule has 3 atom stereocenters. The first kappa shape index (κ1) is 13.0. The second-order valence-electron chi connectivity index (χ2n) is 5.21. The van der Waals surface area contributed by atoms with Crippen molar-refractivity contribution in [2.24, 2.45) is 23.5 Å². The van der Waals surface area contributed by atoms with E-state index in [4.69, 9.17) is 5.73 Å². The molecule has 1 heterocycles. The van der Waals surface area contributed by atoms with Gasteiger partial charge in [-0.3, -0.25) is 9.78 Å². The van der Waals surface area contributed by atoms with E-state index in [0.717, 1.165) is 31.5 Å². The average Bonchev–Trinajstić information content (AvgIpc) is 2.39. The fourth-order valence-electron chi connectivity index (χ4n) is 2.73. The van der Waals surface area contributed by atoms with Crippen molar-refractivity contribution in [3.63, 3.8) is 0 Å². The lowest BCUT2D eigenvalue weighted by Crippen LogP contribution is -2.34. The number of aromatic nitrogens is 1. The quantitative estimate of drug-likeness (QED) is 0.858. The first-order valence-electron chi connectivity index (χ1n) is 6.61. The number of hydrogen-bond donors (Lipinski definition) is 2. The minimum atomic E-state index is 0.121.